The largest absolute Gasteiger partial charge is 0.475 e. The Balaban J connectivity index is 2.49. The second-order valence-electron chi connectivity index (χ2n) is 3.73. The van der Waals surface area contributed by atoms with Crippen LogP contribution in [0.15, 0.2) is 36.4 Å². The Kier molecular flexibility index (Phi) is 3.51. The molecule has 0 amide bonds. The van der Waals surface area contributed by atoms with Crippen LogP contribution in [0.3, 0.4) is 0 Å². The molecule has 0 aliphatic rings. The highest BCUT2D eigenvalue weighted by Crippen LogP contribution is 2.31. The monoisotopic (exact) mass is 245 g/mol. The van der Waals surface area contributed by atoms with E-state index in [2.05, 4.69) is 6.07 Å². The van der Waals surface area contributed by atoms with Crippen LogP contribution < -0.4 is 4.74 Å². The van der Waals surface area contributed by atoms with Gasteiger partial charge in [-0.25, -0.2) is 0 Å². The maximum Gasteiger partial charge on any atom is 0.184 e. The molecule has 0 radical (unpaired) electrons. The van der Waals surface area contributed by atoms with Gasteiger partial charge in [0.2, 0.25) is 0 Å². The predicted molar refractivity (Wildman–Crippen MR) is 69.3 cm³/mol. The molecule has 86 valence electrons. The van der Waals surface area contributed by atoms with Gasteiger partial charge >= 0.3 is 0 Å². The Morgan fingerprint density at radius 3 is 2.59 bits per heavy atom. The van der Waals surface area contributed by atoms with Crippen LogP contribution in [-0.4, -0.2) is 6.10 Å². The van der Waals surface area contributed by atoms with Crippen molar-refractivity contribution < 1.29 is 4.74 Å². The van der Waals surface area contributed by atoms with Gasteiger partial charge < -0.3 is 4.74 Å². The first kappa shape index (κ1) is 11.8. The molecule has 1 atom stereocenters. The maximum absolute atomic E-state index is 8.91. The zero-order valence-electron chi connectivity index (χ0n) is 9.48. The fourth-order valence-electron chi connectivity index (χ4n) is 1.69. The molecule has 2 nitrogen and oxygen atoms in total. The normalized spacial score (nSPS) is 12.1. The molecule has 2 aromatic rings. The van der Waals surface area contributed by atoms with Crippen molar-refractivity contribution in [1.29, 1.82) is 5.26 Å². The third-order valence-corrected chi connectivity index (χ3v) is 2.94. The molecule has 0 spiro atoms. The van der Waals surface area contributed by atoms with Crippen LogP contribution in [0.5, 0.6) is 5.75 Å². The number of halogens is 1. The van der Waals surface area contributed by atoms with Crippen molar-refractivity contribution >= 4 is 22.4 Å². The van der Waals surface area contributed by atoms with Gasteiger partial charge in [-0.1, -0.05) is 42.8 Å². The number of ether oxygens (including phenoxy) is 1. The van der Waals surface area contributed by atoms with E-state index in [-0.39, 0.29) is 0 Å². The summed E-state index contributed by atoms with van der Waals surface area (Å²) in [7, 11) is 0. The third kappa shape index (κ3) is 2.35. The lowest BCUT2D eigenvalue weighted by atomic mass is 10.1. The number of rotatable bonds is 3. The summed E-state index contributed by atoms with van der Waals surface area (Å²) in [5.74, 6) is 0.707. The molecule has 0 aromatic heterocycles. The summed E-state index contributed by atoms with van der Waals surface area (Å²) in [6, 6.07) is 13.5. The summed E-state index contributed by atoms with van der Waals surface area (Å²) in [6.45, 7) is 1.92. The lowest BCUT2D eigenvalue weighted by Crippen LogP contribution is -2.12. The van der Waals surface area contributed by atoms with E-state index < -0.39 is 6.10 Å². The molecule has 3 heteroatoms. The van der Waals surface area contributed by atoms with Gasteiger partial charge in [-0.05, 0) is 18.6 Å². The number of nitriles is 1. The topological polar surface area (TPSA) is 33.0 Å². The Hall–Kier alpha value is -1.72. The SMILES string of the molecule is CCC(C#N)Oc1ccc(Cl)c2ccccc12. The van der Waals surface area contributed by atoms with E-state index in [4.69, 9.17) is 21.6 Å². The van der Waals surface area contributed by atoms with E-state index in [0.717, 1.165) is 10.8 Å². The van der Waals surface area contributed by atoms with Gasteiger partial charge in [0.1, 0.15) is 11.8 Å². The summed E-state index contributed by atoms with van der Waals surface area (Å²) >= 11 is 6.11. The zero-order chi connectivity index (χ0) is 12.3. The second kappa shape index (κ2) is 5.07. The first-order valence-electron chi connectivity index (χ1n) is 5.49. The average Bonchev–Trinajstić information content (AvgIpc) is 2.38. The van der Waals surface area contributed by atoms with Crippen molar-refractivity contribution in [1.82, 2.24) is 0 Å². The Morgan fingerprint density at radius 2 is 1.94 bits per heavy atom. The summed E-state index contributed by atoms with van der Waals surface area (Å²) < 4.78 is 5.66. The first-order chi connectivity index (χ1) is 8.26. The van der Waals surface area contributed by atoms with Gasteiger partial charge in [-0.3, -0.25) is 0 Å². The van der Waals surface area contributed by atoms with E-state index in [9.17, 15) is 0 Å². The highest BCUT2D eigenvalue weighted by molar-refractivity contribution is 6.35. The van der Waals surface area contributed by atoms with Crippen LogP contribution in [0.2, 0.25) is 5.02 Å². The minimum atomic E-state index is -0.417. The quantitative estimate of drug-likeness (QED) is 0.813. The average molecular weight is 246 g/mol. The van der Waals surface area contributed by atoms with E-state index in [1.54, 1.807) is 6.07 Å². The molecule has 2 rings (SSSR count). The van der Waals surface area contributed by atoms with E-state index in [0.29, 0.717) is 17.2 Å². The number of fused-ring (bicyclic) bond motifs is 1. The smallest absolute Gasteiger partial charge is 0.184 e. The molecule has 0 bridgehead atoms. The molecule has 17 heavy (non-hydrogen) atoms. The van der Waals surface area contributed by atoms with Crippen molar-refractivity contribution in [3.05, 3.63) is 41.4 Å². The summed E-state index contributed by atoms with van der Waals surface area (Å²) in [6.07, 6.45) is 0.243. The molecule has 1 unspecified atom stereocenters. The molecule has 0 heterocycles. The fraction of sp³-hybridized carbons (Fsp3) is 0.214. The molecule has 0 aliphatic carbocycles. The highest BCUT2D eigenvalue weighted by atomic mass is 35.5. The van der Waals surface area contributed by atoms with Crippen molar-refractivity contribution in [2.45, 2.75) is 19.4 Å². The Labute approximate surface area is 105 Å². The van der Waals surface area contributed by atoms with Gasteiger partial charge in [-0.15, -0.1) is 0 Å². The van der Waals surface area contributed by atoms with Crippen LogP contribution in [-0.2, 0) is 0 Å². The van der Waals surface area contributed by atoms with Crippen molar-refractivity contribution in [3.63, 3.8) is 0 Å². The van der Waals surface area contributed by atoms with Gasteiger partial charge in [0.25, 0.3) is 0 Å². The van der Waals surface area contributed by atoms with E-state index >= 15 is 0 Å². The first-order valence-corrected chi connectivity index (χ1v) is 5.87. The second-order valence-corrected chi connectivity index (χ2v) is 4.14. The minimum absolute atomic E-state index is 0.417. The molecule has 0 fully saturated rings. The molecule has 0 aliphatic heterocycles. The Bertz CT molecular complexity index is 574. The predicted octanol–water partition coefficient (Wildman–Crippen LogP) is 4.17. The van der Waals surface area contributed by atoms with Crippen molar-refractivity contribution in [2.75, 3.05) is 0 Å². The van der Waals surface area contributed by atoms with Gasteiger partial charge in [-0.2, -0.15) is 5.26 Å². The standard InChI is InChI=1S/C14H12ClNO/c1-2-10(9-16)17-14-8-7-13(15)11-5-3-4-6-12(11)14/h3-8,10H,2H2,1H3. The number of nitrogens with zero attached hydrogens (tertiary/aromatic N) is 1. The third-order valence-electron chi connectivity index (χ3n) is 2.61. The van der Waals surface area contributed by atoms with Crippen molar-refractivity contribution in [2.24, 2.45) is 0 Å². The summed E-state index contributed by atoms with van der Waals surface area (Å²) in [4.78, 5) is 0. The summed E-state index contributed by atoms with van der Waals surface area (Å²) in [5, 5.41) is 11.5. The molecular formula is C14H12ClNO. The Morgan fingerprint density at radius 1 is 1.24 bits per heavy atom. The fourth-order valence-corrected chi connectivity index (χ4v) is 1.92. The van der Waals surface area contributed by atoms with Crippen LogP contribution in [0.1, 0.15) is 13.3 Å². The van der Waals surface area contributed by atoms with Gasteiger partial charge in [0.05, 0.1) is 0 Å². The number of hydrogen-bond acceptors (Lipinski definition) is 2. The van der Waals surface area contributed by atoms with Crippen LogP contribution in [0, 0.1) is 11.3 Å². The van der Waals surface area contributed by atoms with Gasteiger partial charge in [0, 0.05) is 15.8 Å². The molecular weight excluding hydrogens is 234 g/mol. The zero-order valence-corrected chi connectivity index (χ0v) is 10.2. The van der Waals surface area contributed by atoms with Crippen molar-refractivity contribution in [3.8, 4) is 11.8 Å². The maximum atomic E-state index is 8.91. The van der Waals surface area contributed by atoms with E-state index in [1.807, 2.05) is 37.3 Å². The molecule has 0 saturated heterocycles. The van der Waals surface area contributed by atoms with Crippen LogP contribution in [0.25, 0.3) is 10.8 Å². The summed E-state index contributed by atoms with van der Waals surface area (Å²) in [5.41, 5.74) is 0. The molecule has 0 N–H and O–H groups in total. The molecule has 2 aromatic carbocycles. The number of hydrogen-bond donors (Lipinski definition) is 0. The van der Waals surface area contributed by atoms with E-state index in [1.165, 1.54) is 0 Å². The van der Waals surface area contributed by atoms with Crippen LogP contribution >= 0.6 is 11.6 Å². The van der Waals surface area contributed by atoms with Gasteiger partial charge in [0.15, 0.2) is 6.10 Å². The highest BCUT2D eigenvalue weighted by Gasteiger charge is 2.10. The molecule has 0 saturated carbocycles. The van der Waals surface area contributed by atoms with Crippen LogP contribution in [0.4, 0.5) is 0 Å². The number of benzene rings is 2. The minimum Gasteiger partial charge on any atom is -0.475 e. The lowest BCUT2D eigenvalue weighted by molar-refractivity contribution is 0.255. The lowest BCUT2D eigenvalue weighted by Gasteiger charge is -2.13.